The minimum absolute atomic E-state index is 0.0903. The molecule has 0 N–H and O–H groups in total. The van der Waals surface area contributed by atoms with E-state index in [1.54, 1.807) is 0 Å². The summed E-state index contributed by atoms with van der Waals surface area (Å²) in [5, 5.41) is 0. The molecule has 1 saturated carbocycles. The number of ketones is 1. The zero-order valence-corrected chi connectivity index (χ0v) is 6.48. The molecular weight excluding hydrogens is 124 g/mol. The second-order valence-electron chi connectivity index (χ2n) is 3.88. The van der Waals surface area contributed by atoms with Crippen molar-refractivity contribution in [2.75, 3.05) is 0 Å². The monoisotopic (exact) mass is 136 g/mol. The maximum Gasteiger partial charge on any atom is 0.143 e. The molecule has 0 amide bonds. The van der Waals surface area contributed by atoms with Gasteiger partial charge in [0.05, 0.1) is 5.41 Å². The van der Waals surface area contributed by atoms with Crippen LogP contribution in [0, 0.1) is 10.8 Å². The maximum absolute atomic E-state index is 11.3. The first-order valence-electron chi connectivity index (χ1n) is 3.82. The predicted molar refractivity (Wildman–Crippen MR) is 39.6 cm³/mol. The van der Waals surface area contributed by atoms with Crippen LogP contribution in [-0.2, 0) is 4.79 Å². The van der Waals surface area contributed by atoms with Crippen LogP contribution in [0.25, 0.3) is 0 Å². The van der Waals surface area contributed by atoms with Crippen LogP contribution in [0.15, 0.2) is 12.2 Å². The molecule has 54 valence electrons. The zero-order valence-electron chi connectivity index (χ0n) is 6.48. The number of allylic oxidation sites excluding steroid dienone is 2. The highest BCUT2D eigenvalue weighted by Gasteiger charge is 2.56. The fourth-order valence-electron chi connectivity index (χ4n) is 2.01. The first-order chi connectivity index (χ1) is 4.58. The van der Waals surface area contributed by atoms with E-state index in [0.717, 1.165) is 12.8 Å². The third-order valence-electron chi connectivity index (χ3n) is 3.42. The van der Waals surface area contributed by atoms with Gasteiger partial charge in [0.2, 0.25) is 0 Å². The number of carbonyl (C=O) groups excluding carboxylic acids is 1. The minimum Gasteiger partial charge on any atom is -0.299 e. The van der Waals surface area contributed by atoms with Crippen molar-refractivity contribution in [3.8, 4) is 0 Å². The molecule has 0 aromatic rings. The van der Waals surface area contributed by atoms with Gasteiger partial charge in [-0.2, -0.15) is 0 Å². The SMILES string of the molecule is CC12C=CC1(C)C(=O)CC2. The quantitative estimate of drug-likeness (QED) is 0.465. The van der Waals surface area contributed by atoms with E-state index in [9.17, 15) is 4.79 Å². The van der Waals surface area contributed by atoms with Gasteiger partial charge in [0.25, 0.3) is 0 Å². The number of Topliss-reactive ketones (excluding diaryl/α,β-unsaturated/α-hetero) is 1. The van der Waals surface area contributed by atoms with Gasteiger partial charge in [-0.3, -0.25) is 4.79 Å². The van der Waals surface area contributed by atoms with Crippen molar-refractivity contribution in [2.45, 2.75) is 26.7 Å². The third kappa shape index (κ3) is 0.405. The average Bonchev–Trinajstić information content (AvgIpc) is 2.04. The molecule has 2 rings (SSSR count). The van der Waals surface area contributed by atoms with Crippen molar-refractivity contribution < 1.29 is 4.79 Å². The van der Waals surface area contributed by atoms with Crippen molar-refractivity contribution in [3.63, 3.8) is 0 Å². The van der Waals surface area contributed by atoms with Crippen LogP contribution >= 0.6 is 0 Å². The van der Waals surface area contributed by atoms with Crippen LogP contribution < -0.4 is 0 Å². The Morgan fingerprint density at radius 1 is 1.40 bits per heavy atom. The van der Waals surface area contributed by atoms with E-state index >= 15 is 0 Å². The van der Waals surface area contributed by atoms with Crippen LogP contribution in [0.4, 0.5) is 0 Å². The van der Waals surface area contributed by atoms with E-state index in [1.165, 1.54) is 0 Å². The van der Waals surface area contributed by atoms with Gasteiger partial charge in [-0.05, 0) is 13.3 Å². The molecule has 2 aliphatic rings. The summed E-state index contributed by atoms with van der Waals surface area (Å²) >= 11 is 0. The zero-order chi connectivity index (χ0) is 7.41. The Morgan fingerprint density at radius 3 is 2.30 bits per heavy atom. The molecule has 0 aromatic heterocycles. The lowest BCUT2D eigenvalue weighted by molar-refractivity contribution is -0.125. The van der Waals surface area contributed by atoms with Gasteiger partial charge in [-0.1, -0.05) is 19.1 Å². The Bertz CT molecular complexity index is 229. The summed E-state index contributed by atoms with van der Waals surface area (Å²) in [5.41, 5.74) is 0.122. The molecular formula is C9H12O. The summed E-state index contributed by atoms with van der Waals surface area (Å²) in [6.45, 7) is 4.24. The van der Waals surface area contributed by atoms with E-state index in [4.69, 9.17) is 0 Å². The van der Waals surface area contributed by atoms with Gasteiger partial charge < -0.3 is 0 Å². The Kier molecular flexibility index (Phi) is 0.837. The van der Waals surface area contributed by atoms with Crippen molar-refractivity contribution in [3.05, 3.63) is 12.2 Å². The standard InChI is InChI=1S/C9H12O/c1-8-4-3-7(10)9(8,2)6-5-8/h5-6H,3-4H2,1-2H3. The topological polar surface area (TPSA) is 17.1 Å². The van der Waals surface area contributed by atoms with Crippen LogP contribution in [0.3, 0.4) is 0 Å². The van der Waals surface area contributed by atoms with E-state index in [1.807, 2.05) is 0 Å². The normalized spacial score (nSPS) is 50.8. The smallest absolute Gasteiger partial charge is 0.143 e. The number of hydrogen-bond donors (Lipinski definition) is 0. The number of fused-ring (bicyclic) bond motifs is 1. The van der Waals surface area contributed by atoms with E-state index in [0.29, 0.717) is 5.78 Å². The Labute approximate surface area is 61.1 Å². The minimum atomic E-state index is -0.0903. The summed E-state index contributed by atoms with van der Waals surface area (Å²) in [7, 11) is 0. The van der Waals surface area contributed by atoms with Gasteiger partial charge in [-0.25, -0.2) is 0 Å². The van der Waals surface area contributed by atoms with Gasteiger partial charge in [0.1, 0.15) is 5.78 Å². The number of carbonyl (C=O) groups is 1. The fraction of sp³-hybridized carbons (Fsp3) is 0.667. The molecule has 10 heavy (non-hydrogen) atoms. The predicted octanol–water partition coefficient (Wildman–Crippen LogP) is 1.93. The molecule has 0 heterocycles. The lowest BCUT2D eigenvalue weighted by atomic mass is 9.59. The van der Waals surface area contributed by atoms with Gasteiger partial charge >= 0.3 is 0 Å². The lowest BCUT2D eigenvalue weighted by Gasteiger charge is -2.42. The first kappa shape index (κ1) is 6.14. The lowest BCUT2D eigenvalue weighted by Crippen LogP contribution is -2.40. The molecule has 2 atom stereocenters. The number of hydrogen-bond acceptors (Lipinski definition) is 1. The molecule has 1 nitrogen and oxygen atoms in total. The summed E-state index contributed by atoms with van der Waals surface area (Å²) in [6.07, 6.45) is 6.07. The average molecular weight is 136 g/mol. The van der Waals surface area contributed by atoms with E-state index < -0.39 is 0 Å². The van der Waals surface area contributed by atoms with Crippen LogP contribution in [0.1, 0.15) is 26.7 Å². The molecule has 1 heteroatoms. The Hall–Kier alpha value is -0.590. The number of rotatable bonds is 0. The van der Waals surface area contributed by atoms with Crippen LogP contribution in [-0.4, -0.2) is 5.78 Å². The van der Waals surface area contributed by atoms with Crippen LogP contribution in [0.2, 0.25) is 0 Å². The molecule has 0 bridgehead atoms. The summed E-state index contributed by atoms with van der Waals surface area (Å²) in [6, 6.07) is 0. The van der Waals surface area contributed by atoms with Gasteiger partial charge in [0, 0.05) is 11.8 Å². The molecule has 0 aliphatic heterocycles. The first-order valence-corrected chi connectivity index (χ1v) is 3.82. The van der Waals surface area contributed by atoms with E-state index in [2.05, 4.69) is 26.0 Å². The summed E-state index contributed by atoms with van der Waals surface area (Å²) in [4.78, 5) is 11.3. The largest absolute Gasteiger partial charge is 0.299 e. The Morgan fingerprint density at radius 2 is 2.10 bits per heavy atom. The van der Waals surface area contributed by atoms with Crippen LogP contribution in [0.5, 0.6) is 0 Å². The highest BCUT2D eigenvalue weighted by molar-refractivity contribution is 5.92. The molecule has 0 saturated heterocycles. The molecule has 1 fully saturated rings. The van der Waals surface area contributed by atoms with Gasteiger partial charge in [-0.15, -0.1) is 0 Å². The molecule has 0 aromatic carbocycles. The van der Waals surface area contributed by atoms with Crippen molar-refractivity contribution >= 4 is 5.78 Å². The second-order valence-corrected chi connectivity index (χ2v) is 3.88. The van der Waals surface area contributed by atoms with Crippen molar-refractivity contribution in [1.82, 2.24) is 0 Å². The van der Waals surface area contributed by atoms with Crippen molar-refractivity contribution in [2.24, 2.45) is 10.8 Å². The summed E-state index contributed by atoms with van der Waals surface area (Å²) in [5.74, 6) is 0.428. The highest BCUT2D eigenvalue weighted by Crippen LogP contribution is 2.58. The van der Waals surface area contributed by atoms with Crippen molar-refractivity contribution in [1.29, 1.82) is 0 Å². The van der Waals surface area contributed by atoms with E-state index in [-0.39, 0.29) is 10.8 Å². The highest BCUT2D eigenvalue weighted by atomic mass is 16.1. The fourth-order valence-corrected chi connectivity index (χ4v) is 2.01. The molecule has 0 radical (unpaired) electrons. The molecule has 2 unspecified atom stereocenters. The maximum atomic E-state index is 11.3. The Balaban J connectivity index is 2.48. The third-order valence-corrected chi connectivity index (χ3v) is 3.42. The van der Waals surface area contributed by atoms with Gasteiger partial charge in [0.15, 0.2) is 0 Å². The summed E-state index contributed by atoms with van der Waals surface area (Å²) < 4.78 is 0. The second kappa shape index (κ2) is 1.36. The molecule has 2 aliphatic carbocycles. The molecule has 0 spiro atoms.